The summed E-state index contributed by atoms with van der Waals surface area (Å²) < 4.78 is 21.7. The molecule has 21 heavy (non-hydrogen) atoms. The zero-order chi connectivity index (χ0) is 15.2. The van der Waals surface area contributed by atoms with Gasteiger partial charge < -0.3 is 24.5 Å². The first-order chi connectivity index (χ1) is 10.2. The zero-order valence-electron chi connectivity index (χ0n) is 12.4. The smallest absolute Gasteiger partial charge is 0.319 e. The lowest BCUT2D eigenvalue weighted by Crippen LogP contribution is -2.03. The molecule has 2 N–H and O–H groups in total. The summed E-state index contributed by atoms with van der Waals surface area (Å²) in [6, 6.07) is 3.57. The molecule has 7 heteroatoms. The Hall–Kier alpha value is -2.44. The molecule has 0 atom stereocenters. The molecule has 0 aliphatic rings. The number of ether oxygens (including phenoxy) is 3. The first-order valence-corrected chi connectivity index (χ1v) is 6.85. The minimum atomic E-state index is 0.00908. The van der Waals surface area contributed by atoms with Crippen LogP contribution < -0.4 is 19.9 Å². The maximum absolute atomic E-state index is 5.63. The van der Waals surface area contributed by atoms with Crippen molar-refractivity contribution in [2.45, 2.75) is 20.8 Å². The minimum absolute atomic E-state index is 0.00908. The van der Waals surface area contributed by atoms with Crippen LogP contribution in [0.4, 0.5) is 6.01 Å². The van der Waals surface area contributed by atoms with Gasteiger partial charge in [-0.3, -0.25) is 0 Å². The van der Waals surface area contributed by atoms with Crippen LogP contribution in [0.15, 0.2) is 16.7 Å². The number of aromatic nitrogens is 2. The monoisotopic (exact) mass is 293 g/mol. The van der Waals surface area contributed by atoms with Gasteiger partial charge >= 0.3 is 6.01 Å². The Balaban J connectivity index is 2.51. The molecule has 0 aliphatic carbocycles. The van der Waals surface area contributed by atoms with Crippen LogP contribution in [-0.2, 0) is 0 Å². The Morgan fingerprint density at radius 2 is 1.57 bits per heavy atom. The van der Waals surface area contributed by atoms with Crippen molar-refractivity contribution in [2.75, 3.05) is 25.6 Å². The largest absolute Gasteiger partial charge is 0.490 e. The van der Waals surface area contributed by atoms with E-state index in [4.69, 9.17) is 24.5 Å². The first-order valence-electron chi connectivity index (χ1n) is 6.85. The van der Waals surface area contributed by atoms with Gasteiger partial charge in [0.25, 0.3) is 0 Å². The number of nitrogens with two attached hydrogens (primary N) is 1. The minimum Gasteiger partial charge on any atom is -0.490 e. The Morgan fingerprint density at radius 1 is 1.00 bits per heavy atom. The number of nitrogen functional groups attached to an aromatic ring is 1. The highest BCUT2D eigenvalue weighted by Gasteiger charge is 2.18. The molecule has 0 saturated heterocycles. The van der Waals surface area contributed by atoms with Crippen LogP contribution in [0.25, 0.3) is 11.4 Å². The molecular weight excluding hydrogens is 274 g/mol. The fraction of sp³-hybridized carbons (Fsp3) is 0.429. The Morgan fingerprint density at radius 3 is 2.00 bits per heavy atom. The summed E-state index contributed by atoms with van der Waals surface area (Å²) in [7, 11) is 0. The number of rotatable bonds is 7. The third kappa shape index (κ3) is 3.36. The molecule has 2 rings (SSSR count). The highest BCUT2D eigenvalue weighted by molar-refractivity contribution is 5.66. The normalized spacial score (nSPS) is 10.4. The van der Waals surface area contributed by atoms with Crippen molar-refractivity contribution in [3.63, 3.8) is 0 Å². The quantitative estimate of drug-likeness (QED) is 0.838. The van der Waals surface area contributed by atoms with Gasteiger partial charge in [-0.15, -0.1) is 0 Å². The van der Waals surface area contributed by atoms with Crippen LogP contribution in [0.3, 0.4) is 0 Å². The van der Waals surface area contributed by atoms with Crippen LogP contribution in [0.5, 0.6) is 17.2 Å². The maximum atomic E-state index is 5.63. The summed E-state index contributed by atoms with van der Waals surface area (Å²) >= 11 is 0. The van der Waals surface area contributed by atoms with Gasteiger partial charge in [0.2, 0.25) is 11.6 Å². The van der Waals surface area contributed by atoms with E-state index in [-0.39, 0.29) is 6.01 Å². The zero-order valence-corrected chi connectivity index (χ0v) is 12.4. The molecule has 1 heterocycles. The summed E-state index contributed by atoms with van der Waals surface area (Å²) in [6.45, 7) is 7.21. The fourth-order valence-corrected chi connectivity index (χ4v) is 1.87. The second kappa shape index (κ2) is 6.83. The lowest BCUT2D eigenvalue weighted by molar-refractivity contribution is 0.261. The lowest BCUT2D eigenvalue weighted by Gasteiger charge is -2.16. The highest BCUT2D eigenvalue weighted by Crippen LogP contribution is 2.41. The van der Waals surface area contributed by atoms with Crippen LogP contribution >= 0.6 is 0 Å². The van der Waals surface area contributed by atoms with Gasteiger partial charge in [0.15, 0.2) is 11.5 Å². The number of nitrogens with zero attached hydrogens (tertiary/aromatic N) is 2. The maximum Gasteiger partial charge on any atom is 0.319 e. The Bertz CT molecular complexity index is 571. The van der Waals surface area contributed by atoms with Crippen molar-refractivity contribution in [3.05, 3.63) is 12.1 Å². The molecule has 0 spiro atoms. The van der Waals surface area contributed by atoms with E-state index in [1.165, 1.54) is 0 Å². The average molecular weight is 293 g/mol. The molecule has 7 nitrogen and oxygen atoms in total. The van der Waals surface area contributed by atoms with Gasteiger partial charge in [0.05, 0.1) is 19.8 Å². The van der Waals surface area contributed by atoms with E-state index < -0.39 is 0 Å². The summed E-state index contributed by atoms with van der Waals surface area (Å²) in [5.41, 5.74) is 6.15. The second-order valence-electron chi connectivity index (χ2n) is 4.06. The summed E-state index contributed by atoms with van der Waals surface area (Å²) in [5, 5.41) is 3.80. The molecule has 1 aromatic carbocycles. The van der Waals surface area contributed by atoms with E-state index in [1.54, 1.807) is 12.1 Å². The van der Waals surface area contributed by atoms with Crippen molar-refractivity contribution < 1.29 is 18.7 Å². The van der Waals surface area contributed by atoms with Crippen molar-refractivity contribution in [2.24, 2.45) is 0 Å². The SMILES string of the molecule is CCOc1cc(-c2noc(N)n2)cc(OCC)c1OCC. The van der Waals surface area contributed by atoms with Crippen LogP contribution in [0, 0.1) is 0 Å². The number of hydrogen-bond donors (Lipinski definition) is 1. The van der Waals surface area contributed by atoms with E-state index >= 15 is 0 Å². The first kappa shape index (κ1) is 15.0. The van der Waals surface area contributed by atoms with Crippen molar-refractivity contribution >= 4 is 6.01 Å². The number of benzene rings is 1. The van der Waals surface area contributed by atoms with E-state index in [1.807, 2.05) is 20.8 Å². The molecule has 0 fully saturated rings. The summed E-state index contributed by atoms with van der Waals surface area (Å²) in [4.78, 5) is 4.01. The lowest BCUT2D eigenvalue weighted by atomic mass is 10.1. The van der Waals surface area contributed by atoms with Crippen LogP contribution in [0.2, 0.25) is 0 Å². The molecule has 0 radical (unpaired) electrons. The van der Waals surface area contributed by atoms with E-state index in [0.717, 1.165) is 0 Å². The van der Waals surface area contributed by atoms with E-state index in [2.05, 4.69) is 10.1 Å². The van der Waals surface area contributed by atoms with Crippen molar-refractivity contribution in [3.8, 4) is 28.6 Å². The standard InChI is InChI=1S/C14H19N3O4/c1-4-18-10-7-9(13-16-14(15)21-17-13)8-11(19-5-2)12(10)20-6-3/h7-8H,4-6H2,1-3H3,(H2,15,16,17). The molecule has 0 unspecified atom stereocenters. The topological polar surface area (TPSA) is 92.6 Å². The van der Waals surface area contributed by atoms with Crippen molar-refractivity contribution in [1.82, 2.24) is 10.1 Å². The number of hydrogen-bond acceptors (Lipinski definition) is 7. The van der Waals surface area contributed by atoms with Crippen LogP contribution in [0.1, 0.15) is 20.8 Å². The van der Waals surface area contributed by atoms with Gasteiger partial charge in [-0.05, 0) is 32.9 Å². The van der Waals surface area contributed by atoms with Gasteiger partial charge in [-0.1, -0.05) is 5.16 Å². The highest BCUT2D eigenvalue weighted by atomic mass is 16.5. The molecule has 1 aromatic heterocycles. The third-order valence-corrected chi connectivity index (χ3v) is 2.61. The predicted octanol–water partition coefficient (Wildman–Crippen LogP) is 2.51. The second-order valence-corrected chi connectivity index (χ2v) is 4.06. The van der Waals surface area contributed by atoms with Gasteiger partial charge in [-0.2, -0.15) is 4.98 Å². The Labute approximate surface area is 123 Å². The van der Waals surface area contributed by atoms with E-state index in [0.29, 0.717) is 48.5 Å². The van der Waals surface area contributed by atoms with Gasteiger partial charge in [0, 0.05) is 5.56 Å². The summed E-state index contributed by atoms with van der Waals surface area (Å²) in [5.74, 6) is 2.09. The molecule has 0 amide bonds. The Kier molecular flexibility index (Phi) is 4.86. The predicted molar refractivity (Wildman–Crippen MR) is 77.7 cm³/mol. The molecule has 0 bridgehead atoms. The molecule has 2 aromatic rings. The molecule has 114 valence electrons. The van der Waals surface area contributed by atoms with Gasteiger partial charge in [-0.25, -0.2) is 0 Å². The molecule has 0 aliphatic heterocycles. The van der Waals surface area contributed by atoms with Crippen molar-refractivity contribution in [1.29, 1.82) is 0 Å². The summed E-state index contributed by atoms with van der Waals surface area (Å²) in [6.07, 6.45) is 0. The third-order valence-electron chi connectivity index (χ3n) is 2.61. The molecular formula is C14H19N3O4. The van der Waals surface area contributed by atoms with Gasteiger partial charge in [0.1, 0.15) is 0 Å². The van der Waals surface area contributed by atoms with E-state index in [9.17, 15) is 0 Å². The average Bonchev–Trinajstić information content (AvgIpc) is 2.89. The molecule has 0 saturated carbocycles. The van der Waals surface area contributed by atoms with Crippen LogP contribution in [-0.4, -0.2) is 30.0 Å². The fourth-order valence-electron chi connectivity index (χ4n) is 1.87. The number of anilines is 1.